The van der Waals surface area contributed by atoms with Crippen LogP contribution in [-0.4, -0.2) is 31.1 Å². The van der Waals surface area contributed by atoms with E-state index in [4.69, 9.17) is 0 Å². The van der Waals surface area contributed by atoms with Crippen molar-refractivity contribution < 1.29 is 8.78 Å². The highest BCUT2D eigenvalue weighted by Gasteiger charge is 2.21. The van der Waals surface area contributed by atoms with Gasteiger partial charge in [0, 0.05) is 12.6 Å². The van der Waals surface area contributed by atoms with Gasteiger partial charge in [0.2, 0.25) is 0 Å². The number of hydrogen-bond donors (Lipinski definition) is 1. The zero-order valence-electron chi connectivity index (χ0n) is 13.0. The molecule has 1 aliphatic heterocycles. The molecule has 1 aromatic carbocycles. The number of hydrogen-bond acceptors (Lipinski definition) is 2. The highest BCUT2D eigenvalue weighted by Crippen LogP contribution is 2.25. The van der Waals surface area contributed by atoms with Crippen LogP contribution in [-0.2, 0) is 0 Å². The van der Waals surface area contributed by atoms with Crippen LogP contribution in [0.4, 0.5) is 8.78 Å². The van der Waals surface area contributed by atoms with Gasteiger partial charge < -0.3 is 5.32 Å². The lowest BCUT2D eigenvalue weighted by atomic mass is 9.96. The lowest BCUT2D eigenvalue weighted by Gasteiger charge is -2.34. The van der Waals surface area contributed by atoms with Crippen molar-refractivity contribution in [2.75, 3.05) is 26.2 Å². The average Bonchev–Trinajstić information content (AvgIpc) is 2.50. The summed E-state index contributed by atoms with van der Waals surface area (Å²) in [6.07, 6.45) is 3.47. The Hall–Kier alpha value is -1.00. The van der Waals surface area contributed by atoms with Crippen LogP contribution >= 0.6 is 0 Å². The van der Waals surface area contributed by atoms with Crippen LogP contribution in [0, 0.1) is 17.6 Å². The highest BCUT2D eigenvalue weighted by atomic mass is 19.2. The van der Waals surface area contributed by atoms with Gasteiger partial charge in [-0.05, 0) is 69.4 Å². The van der Waals surface area contributed by atoms with E-state index in [1.165, 1.54) is 25.0 Å². The van der Waals surface area contributed by atoms with E-state index < -0.39 is 11.6 Å². The van der Waals surface area contributed by atoms with Gasteiger partial charge in [0.1, 0.15) is 0 Å². The first-order valence-electron chi connectivity index (χ1n) is 8.01. The van der Waals surface area contributed by atoms with Crippen LogP contribution in [0.3, 0.4) is 0 Å². The molecule has 1 unspecified atom stereocenters. The third-order valence-corrected chi connectivity index (χ3v) is 4.44. The van der Waals surface area contributed by atoms with E-state index in [0.29, 0.717) is 5.92 Å². The van der Waals surface area contributed by atoms with Gasteiger partial charge >= 0.3 is 0 Å². The standard InChI is InChI=1S/C17H26F2N2/c1-3-10-21(12-14-6-8-20-9-7-14)13(2)15-4-5-16(18)17(19)11-15/h4-5,11,13-14,20H,3,6-10,12H2,1-2H3. The molecule has 118 valence electrons. The molecular weight excluding hydrogens is 270 g/mol. The van der Waals surface area contributed by atoms with Gasteiger partial charge in [-0.25, -0.2) is 8.78 Å². The topological polar surface area (TPSA) is 15.3 Å². The van der Waals surface area contributed by atoms with E-state index in [9.17, 15) is 8.78 Å². The Bertz CT molecular complexity index is 444. The number of nitrogens with zero attached hydrogens (tertiary/aromatic N) is 1. The minimum absolute atomic E-state index is 0.120. The molecule has 0 bridgehead atoms. The molecule has 0 spiro atoms. The van der Waals surface area contributed by atoms with Crippen molar-refractivity contribution in [1.29, 1.82) is 0 Å². The van der Waals surface area contributed by atoms with Crippen molar-refractivity contribution >= 4 is 0 Å². The normalized spacial score (nSPS) is 18.1. The van der Waals surface area contributed by atoms with Crippen LogP contribution in [0.1, 0.15) is 44.7 Å². The molecule has 21 heavy (non-hydrogen) atoms. The van der Waals surface area contributed by atoms with E-state index in [0.717, 1.165) is 38.2 Å². The van der Waals surface area contributed by atoms with E-state index in [1.54, 1.807) is 6.07 Å². The maximum Gasteiger partial charge on any atom is 0.159 e. The van der Waals surface area contributed by atoms with Crippen LogP contribution in [0.15, 0.2) is 18.2 Å². The fourth-order valence-corrected chi connectivity index (χ4v) is 3.11. The zero-order chi connectivity index (χ0) is 15.2. The summed E-state index contributed by atoms with van der Waals surface area (Å²) >= 11 is 0. The van der Waals surface area contributed by atoms with E-state index >= 15 is 0 Å². The second kappa shape index (κ2) is 7.85. The van der Waals surface area contributed by atoms with E-state index in [2.05, 4.69) is 24.1 Å². The summed E-state index contributed by atoms with van der Waals surface area (Å²) in [5.74, 6) is -0.824. The number of halogens is 2. The molecular formula is C17H26F2N2. The molecule has 1 aromatic rings. The fraction of sp³-hybridized carbons (Fsp3) is 0.647. The Morgan fingerprint density at radius 3 is 2.57 bits per heavy atom. The molecule has 0 radical (unpaired) electrons. The Kier molecular flexibility index (Phi) is 6.12. The molecule has 1 atom stereocenters. The minimum Gasteiger partial charge on any atom is -0.317 e. The first-order chi connectivity index (χ1) is 10.1. The quantitative estimate of drug-likeness (QED) is 0.860. The predicted molar refractivity (Wildman–Crippen MR) is 82.2 cm³/mol. The maximum atomic E-state index is 13.4. The first kappa shape index (κ1) is 16.4. The molecule has 1 N–H and O–H groups in total. The van der Waals surface area contributed by atoms with Crippen LogP contribution in [0.2, 0.25) is 0 Å². The second-order valence-electron chi connectivity index (χ2n) is 6.04. The number of benzene rings is 1. The van der Waals surface area contributed by atoms with Crippen molar-refractivity contribution in [3.05, 3.63) is 35.4 Å². The molecule has 1 saturated heterocycles. The van der Waals surface area contributed by atoms with Gasteiger partial charge in [-0.15, -0.1) is 0 Å². The monoisotopic (exact) mass is 296 g/mol. The summed E-state index contributed by atoms with van der Waals surface area (Å²) in [4.78, 5) is 2.41. The molecule has 2 rings (SSSR count). The summed E-state index contributed by atoms with van der Waals surface area (Å²) in [6, 6.07) is 4.39. The van der Waals surface area contributed by atoms with Gasteiger partial charge in [-0.2, -0.15) is 0 Å². The third kappa shape index (κ3) is 4.48. The maximum absolute atomic E-state index is 13.4. The van der Waals surface area contributed by atoms with Crippen molar-refractivity contribution in [3.8, 4) is 0 Å². The van der Waals surface area contributed by atoms with Crippen LogP contribution in [0.25, 0.3) is 0 Å². The number of piperidine rings is 1. The van der Waals surface area contributed by atoms with Gasteiger partial charge in [0.05, 0.1) is 0 Å². The van der Waals surface area contributed by atoms with Gasteiger partial charge in [-0.3, -0.25) is 4.90 Å². The average molecular weight is 296 g/mol. The Morgan fingerprint density at radius 2 is 1.95 bits per heavy atom. The van der Waals surface area contributed by atoms with Crippen molar-refractivity contribution in [2.24, 2.45) is 5.92 Å². The Balaban J connectivity index is 2.06. The van der Waals surface area contributed by atoms with Gasteiger partial charge in [0.15, 0.2) is 11.6 Å². The Morgan fingerprint density at radius 1 is 1.24 bits per heavy atom. The zero-order valence-corrected chi connectivity index (χ0v) is 13.0. The second-order valence-corrected chi connectivity index (χ2v) is 6.04. The molecule has 0 saturated carbocycles. The van der Waals surface area contributed by atoms with E-state index in [-0.39, 0.29) is 6.04 Å². The fourth-order valence-electron chi connectivity index (χ4n) is 3.11. The summed E-state index contributed by atoms with van der Waals surface area (Å²) < 4.78 is 26.5. The SMILES string of the molecule is CCCN(CC1CCNCC1)C(C)c1ccc(F)c(F)c1. The van der Waals surface area contributed by atoms with Crippen molar-refractivity contribution in [1.82, 2.24) is 10.2 Å². The molecule has 4 heteroatoms. The number of nitrogens with one attached hydrogen (secondary N) is 1. The van der Waals surface area contributed by atoms with Crippen molar-refractivity contribution in [3.63, 3.8) is 0 Å². The molecule has 1 fully saturated rings. The summed E-state index contributed by atoms with van der Waals surface area (Å²) in [5.41, 5.74) is 0.858. The van der Waals surface area contributed by atoms with Crippen LogP contribution < -0.4 is 5.32 Å². The molecule has 0 aliphatic carbocycles. The molecule has 1 heterocycles. The molecule has 0 aromatic heterocycles. The van der Waals surface area contributed by atoms with Gasteiger partial charge in [0.25, 0.3) is 0 Å². The third-order valence-electron chi connectivity index (χ3n) is 4.44. The van der Waals surface area contributed by atoms with E-state index in [1.807, 2.05) is 0 Å². The lowest BCUT2D eigenvalue weighted by molar-refractivity contribution is 0.160. The smallest absolute Gasteiger partial charge is 0.159 e. The largest absolute Gasteiger partial charge is 0.317 e. The minimum atomic E-state index is -0.772. The summed E-state index contributed by atoms with van der Waals surface area (Å²) in [7, 11) is 0. The van der Waals surface area contributed by atoms with Gasteiger partial charge in [-0.1, -0.05) is 13.0 Å². The number of rotatable bonds is 6. The lowest BCUT2D eigenvalue weighted by Crippen LogP contribution is -2.37. The highest BCUT2D eigenvalue weighted by molar-refractivity contribution is 5.21. The Labute approximate surface area is 126 Å². The predicted octanol–water partition coefficient (Wildman–Crippen LogP) is 3.74. The summed E-state index contributed by atoms with van der Waals surface area (Å²) in [6.45, 7) is 8.45. The summed E-state index contributed by atoms with van der Waals surface area (Å²) in [5, 5.41) is 3.38. The van der Waals surface area contributed by atoms with Crippen LogP contribution in [0.5, 0.6) is 0 Å². The van der Waals surface area contributed by atoms with Crippen molar-refractivity contribution in [2.45, 2.75) is 39.2 Å². The molecule has 1 aliphatic rings. The molecule has 2 nitrogen and oxygen atoms in total. The first-order valence-corrected chi connectivity index (χ1v) is 8.01. The molecule has 0 amide bonds.